The molecule has 0 bridgehead atoms. The van der Waals surface area contributed by atoms with Crippen LogP contribution in [0.2, 0.25) is 0 Å². The van der Waals surface area contributed by atoms with E-state index in [4.69, 9.17) is 4.74 Å². The quantitative estimate of drug-likeness (QED) is 0.539. The van der Waals surface area contributed by atoms with Gasteiger partial charge in [-0.3, -0.25) is 9.18 Å². The lowest BCUT2D eigenvalue weighted by Crippen LogP contribution is -2.24. The van der Waals surface area contributed by atoms with Crippen molar-refractivity contribution in [3.63, 3.8) is 0 Å². The highest BCUT2D eigenvalue weighted by Gasteiger charge is 2.22. The van der Waals surface area contributed by atoms with Crippen LogP contribution in [0.15, 0.2) is 24.3 Å². The van der Waals surface area contributed by atoms with Crippen molar-refractivity contribution < 1.29 is 27.4 Å². The van der Waals surface area contributed by atoms with Crippen LogP contribution in [-0.4, -0.2) is 32.3 Å². The molecule has 3 atom stereocenters. The zero-order chi connectivity index (χ0) is 17.2. The van der Waals surface area contributed by atoms with E-state index < -0.39 is 31.6 Å². The molecule has 0 radical (unpaired) electrons. The zero-order valence-corrected chi connectivity index (χ0v) is 13.0. The predicted molar refractivity (Wildman–Crippen MR) is 80.3 cm³/mol. The van der Waals surface area contributed by atoms with Crippen LogP contribution in [0.25, 0.3) is 0 Å². The Hall–Kier alpha value is -2.16. The van der Waals surface area contributed by atoms with E-state index in [2.05, 4.69) is 16.6 Å². The SMILES string of the molecule is CC#C[C@@H](CC(=O)OC)c1ccc(OC(F)C(F)CCF)cc1. The standard InChI is InChI=1S/C17H19F3O3/c1-3-4-13(11-16(21)22-2)12-5-7-14(8-6-12)23-17(20)15(19)9-10-18/h5-8,13,15,17H,9-11H2,1-2H3/t13-,15?,17?/m0/s1. The van der Waals surface area contributed by atoms with E-state index in [9.17, 15) is 18.0 Å². The van der Waals surface area contributed by atoms with Gasteiger partial charge in [0.1, 0.15) is 5.75 Å². The summed E-state index contributed by atoms with van der Waals surface area (Å²) in [5.74, 6) is 4.99. The Morgan fingerprint density at radius 3 is 2.43 bits per heavy atom. The fourth-order valence-corrected chi connectivity index (χ4v) is 1.89. The van der Waals surface area contributed by atoms with Gasteiger partial charge in [0.15, 0.2) is 6.17 Å². The Balaban J connectivity index is 2.76. The van der Waals surface area contributed by atoms with Crippen LogP contribution in [0, 0.1) is 11.8 Å². The van der Waals surface area contributed by atoms with E-state index in [-0.39, 0.29) is 18.1 Å². The van der Waals surface area contributed by atoms with Crippen molar-refractivity contribution in [3.05, 3.63) is 29.8 Å². The summed E-state index contributed by atoms with van der Waals surface area (Å²) in [7, 11) is 1.29. The highest BCUT2D eigenvalue weighted by Crippen LogP contribution is 2.24. The summed E-state index contributed by atoms with van der Waals surface area (Å²) in [5, 5.41) is 0. The molecule has 0 N–H and O–H groups in total. The van der Waals surface area contributed by atoms with Gasteiger partial charge in [0.2, 0.25) is 0 Å². The molecule has 0 aliphatic carbocycles. The van der Waals surface area contributed by atoms with Gasteiger partial charge in [-0.2, -0.15) is 4.39 Å². The molecule has 2 unspecified atom stereocenters. The first kappa shape index (κ1) is 18.9. The molecule has 126 valence electrons. The van der Waals surface area contributed by atoms with Crippen LogP contribution in [0.4, 0.5) is 13.2 Å². The van der Waals surface area contributed by atoms with Gasteiger partial charge < -0.3 is 9.47 Å². The summed E-state index contributed by atoms with van der Waals surface area (Å²) < 4.78 is 48.0. The van der Waals surface area contributed by atoms with E-state index in [1.165, 1.54) is 19.2 Å². The van der Waals surface area contributed by atoms with Crippen LogP contribution < -0.4 is 4.74 Å². The second kappa shape index (κ2) is 9.78. The number of ether oxygens (including phenoxy) is 2. The molecular weight excluding hydrogens is 309 g/mol. The summed E-state index contributed by atoms with van der Waals surface area (Å²) in [6, 6.07) is 6.13. The number of alkyl halides is 3. The third-order valence-corrected chi connectivity index (χ3v) is 3.12. The molecule has 3 nitrogen and oxygen atoms in total. The minimum absolute atomic E-state index is 0.0896. The monoisotopic (exact) mass is 328 g/mol. The molecule has 0 fully saturated rings. The Bertz CT molecular complexity index is 548. The molecule has 0 aliphatic heterocycles. The number of methoxy groups -OCH3 is 1. The van der Waals surface area contributed by atoms with Crippen LogP contribution in [0.5, 0.6) is 5.75 Å². The van der Waals surface area contributed by atoms with E-state index in [0.29, 0.717) is 0 Å². The number of esters is 1. The Morgan fingerprint density at radius 1 is 1.26 bits per heavy atom. The van der Waals surface area contributed by atoms with Crippen molar-refractivity contribution in [1.82, 2.24) is 0 Å². The van der Waals surface area contributed by atoms with Crippen molar-refractivity contribution in [2.45, 2.75) is 38.2 Å². The smallest absolute Gasteiger partial charge is 0.307 e. The van der Waals surface area contributed by atoms with Gasteiger partial charge in [0.05, 0.1) is 26.1 Å². The van der Waals surface area contributed by atoms with E-state index in [1.54, 1.807) is 19.1 Å². The molecule has 1 aromatic carbocycles. The molecule has 0 amide bonds. The van der Waals surface area contributed by atoms with E-state index in [1.807, 2.05) is 0 Å². The predicted octanol–water partition coefficient (Wildman–Crippen LogP) is 3.73. The molecule has 1 aromatic rings. The van der Waals surface area contributed by atoms with E-state index >= 15 is 0 Å². The minimum Gasteiger partial charge on any atom is -0.469 e. The highest BCUT2D eigenvalue weighted by molar-refractivity contribution is 5.71. The molecule has 0 aliphatic rings. The highest BCUT2D eigenvalue weighted by atomic mass is 19.2. The Labute approximate surface area is 133 Å². The maximum atomic E-state index is 13.4. The molecule has 1 rings (SSSR count). The van der Waals surface area contributed by atoms with E-state index in [0.717, 1.165) is 5.56 Å². The Morgan fingerprint density at radius 2 is 1.91 bits per heavy atom. The molecular formula is C17H19F3O3. The second-order valence-electron chi connectivity index (χ2n) is 4.76. The number of carbonyl (C=O) groups is 1. The van der Waals surface area contributed by atoms with Gasteiger partial charge in [-0.25, -0.2) is 4.39 Å². The van der Waals surface area contributed by atoms with Crippen LogP contribution in [0.1, 0.15) is 31.2 Å². The lowest BCUT2D eigenvalue weighted by Gasteiger charge is -2.15. The number of rotatable bonds is 8. The van der Waals surface area contributed by atoms with Crippen molar-refractivity contribution in [3.8, 4) is 17.6 Å². The zero-order valence-electron chi connectivity index (χ0n) is 13.0. The van der Waals surface area contributed by atoms with Gasteiger partial charge in [-0.1, -0.05) is 18.1 Å². The third kappa shape index (κ3) is 6.23. The van der Waals surface area contributed by atoms with Crippen molar-refractivity contribution >= 4 is 5.97 Å². The number of benzene rings is 1. The maximum Gasteiger partial charge on any atom is 0.307 e. The van der Waals surface area contributed by atoms with Crippen molar-refractivity contribution in [2.75, 3.05) is 13.8 Å². The fraction of sp³-hybridized carbons (Fsp3) is 0.471. The molecule has 0 spiro atoms. The average Bonchev–Trinajstić information content (AvgIpc) is 2.55. The minimum atomic E-state index is -2.22. The maximum absolute atomic E-state index is 13.4. The molecule has 0 aromatic heterocycles. The van der Waals surface area contributed by atoms with Crippen molar-refractivity contribution in [2.24, 2.45) is 0 Å². The molecule has 6 heteroatoms. The molecule has 0 heterocycles. The van der Waals surface area contributed by atoms with Gasteiger partial charge in [-0.15, -0.1) is 5.92 Å². The summed E-state index contributed by atoms with van der Waals surface area (Å²) in [4.78, 5) is 11.4. The van der Waals surface area contributed by atoms with Gasteiger partial charge in [-0.05, 0) is 24.6 Å². The summed E-state index contributed by atoms with van der Waals surface area (Å²) in [6.07, 6.45) is -4.70. The van der Waals surface area contributed by atoms with Crippen LogP contribution in [-0.2, 0) is 9.53 Å². The Kier molecular flexibility index (Phi) is 8.03. The average molecular weight is 328 g/mol. The summed E-state index contributed by atoms with van der Waals surface area (Å²) >= 11 is 0. The van der Waals surface area contributed by atoms with Crippen molar-refractivity contribution in [1.29, 1.82) is 0 Å². The third-order valence-electron chi connectivity index (χ3n) is 3.12. The summed E-state index contributed by atoms with van der Waals surface area (Å²) in [5.41, 5.74) is 0.730. The fourth-order valence-electron chi connectivity index (χ4n) is 1.89. The van der Waals surface area contributed by atoms with Crippen LogP contribution >= 0.6 is 0 Å². The molecule has 0 saturated heterocycles. The van der Waals surface area contributed by atoms with Crippen LogP contribution in [0.3, 0.4) is 0 Å². The largest absolute Gasteiger partial charge is 0.469 e. The number of halogens is 3. The first-order valence-corrected chi connectivity index (χ1v) is 7.11. The molecule has 0 saturated carbocycles. The first-order valence-electron chi connectivity index (χ1n) is 7.11. The summed E-state index contributed by atoms with van der Waals surface area (Å²) in [6.45, 7) is 0.705. The van der Waals surface area contributed by atoms with Gasteiger partial charge in [0.25, 0.3) is 6.36 Å². The lowest BCUT2D eigenvalue weighted by atomic mass is 9.96. The first-order chi connectivity index (χ1) is 11.0. The topological polar surface area (TPSA) is 35.5 Å². The molecule has 23 heavy (non-hydrogen) atoms. The normalized spacial score (nSPS) is 14.1. The van der Waals surface area contributed by atoms with Gasteiger partial charge >= 0.3 is 5.97 Å². The van der Waals surface area contributed by atoms with Gasteiger partial charge in [0, 0.05) is 6.42 Å². The second-order valence-corrected chi connectivity index (χ2v) is 4.76. The lowest BCUT2D eigenvalue weighted by molar-refractivity contribution is -0.140. The number of hydrogen-bond donors (Lipinski definition) is 0. The number of hydrogen-bond acceptors (Lipinski definition) is 3. The number of carbonyl (C=O) groups excluding carboxylic acids is 1.